The molecule has 2 fully saturated rings. The van der Waals surface area contributed by atoms with Crippen molar-refractivity contribution in [1.82, 2.24) is 4.31 Å². The van der Waals surface area contributed by atoms with Crippen LogP contribution in [-0.2, 0) is 10.0 Å². The number of hydrogen-bond acceptors (Lipinski definition) is 3. The van der Waals surface area contributed by atoms with Gasteiger partial charge in [0.2, 0.25) is 10.0 Å². The summed E-state index contributed by atoms with van der Waals surface area (Å²) in [6.45, 7) is 0.188. The molecular formula is C14H19NO3S. The summed E-state index contributed by atoms with van der Waals surface area (Å²) in [5, 5.41) is 10.0. The minimum absolute atomic E-state index is 0.115. The van der Waals surface area contributed by atoms with Crippen LogP contribution in [0, 0.1) is 0 Å². The van der Waals surface area contributed by atoms with Gasteiger partial charge >= 0.3 is 0 Å². The van der Waals surface area contributed by atoms with Crippen molar-refractivity contribution in [1.29, 1.82) is 0 Å². The molecule has 0 heterocycles. The Morgan fingerprint density at radius 2 is 1.79 bits per heavy atom. The summed E-state index contributed by atoms with van der Waals surface area (Å²) in [5.41, 5.74) is 0.777. The molecule has 0 radical (unpaired) electrons. The second-order valence-electron chi connectivity index (χ2n) is 5.47. The molecule has 104 valence electrons. The number of benzene rings is 1. The fraction of sp³-hybridized carbons (Fsp3) is 0.571. The van der Waals surface area contributed by atoms with Crippen LogP contribution in [0.25, 0.3) is 0 Å². The van der Waals surface area contributed by atoms with E-state index >= 15 is 0 Å². The summed E-state index contributed by atoms with van der Waals surface area (Å²) in [4.78, 5) is 0. The molecule has 4 nitrogen and oxygen atoms in total. The highest BCUT2D eigenvalue weighted by atomic mass is 32.2. The molecule has 3 rings (SSSR count). The van der Waals surface area contributed by atoms with Crippen molar-refractivity contribution < 1.29 is 13.5 Å². The van der Waals surface area contributed by atoms with Gasteiger partial charge in [0.15, 0.2) is 0 Å². The Balaban J connectivity index is 1.75. The Bertz CT molecular complexity index is 535. The van der Waals surface area contributed by atoms with E-state index in [9.17, 15) is 13.5 Å². The van der Waals surface area contributed by atoms with E-state index in [2.05, 4.69) is 0 Å². The molecule has 1 atom stereocenters. The highest BCUT2D eigenvalue weighted by molar-refractivity contribution is 7.90. The third-order valence-electron chi connectivity index (χ3n) is 3.76. The lowest BCUT2D eigenvalue weighted by Crippen LogP contribution is -2.38. The van der Waals surface area contributed by atoms with Gasteiger partial charge in [0.05, 0.1) is 11.4 Å². The first kappa shape index (κ1) is 13.1. The van der Waals surface area contributed by atoms with E-state index < -0.39 is 16.1 Å². The Kier molecular flexibility index (Phi) is 3.37. The van der Waals surface area contributed by atoms with Gasteiger partial charge in [-0.2, -0.15) is 4.31 Å². The first-order chi connectivity index (χ1) is 9.09. The molecule has 1 aromatic carbocycles. The quantitative estimate of drug-likeness (QED) is 0.863. The average Bonchev–Trinajstić information content (AvgIpc) is 3.29. The van der Waals surface area contributed by atoms with Gasteiger partial charge in [0.1, 0.15) is 0 Å². The topological polar surface area (TPSA) is 57.6 Å². The Hall–Kier alpha value is -0.910. The number of aliphatic hydroxyl groups excluding tert-OH is 1. The SMILES string of the molecule is O=S(=O)(C1CC1)N(C[C@@H](O)c1ccccc1)C1CC1. The first-order valence-corrected chi connectivity index (χ1v) is 8.33. The molecule has 0 amide bonds. The molecule has 0 spiro atoms. The molecule has 0 unspecified atom stereocenters. The van der Waals surface area contributed by atoms with Crippen molar-refractivity contribution in [3.63, 3.8) is 0 Å². The molecule has 2 aliphatic rings. The summed E-state index contributed by atoms with van der Waals surface area (Å²) < 4.78 is 26.3. The van der Waals surface area contributed by atoms with Crippen molar-refractivity contribution in [3.05, 3.63) is 35.9 Å². The zero-order valence-electron chi connectivity index (χ0n) is 10.8. The second-order valence-corrected chi connectivity index (χ2v) is 7.64. The lowest BCUT2D eigenvalue weighted by molar-refractivity contribution is 0.145. The molecule has 0 aliphatic heterocycles. The van der Waals surface area contributed by atoms with E-state index in [1.54, 1.807) is 4.31 Å². The summed E-state index contributed by atoms with van der Waals surface area (Å²) in [6.07, 6.45) is 2.65. The van der Waals surface area contributed by atoms with E-state index in [4.69, 9.17) is 0 Å². The van der Waals surface area contributed by atoms with Crippen LogP contribution in [0.15, 0.2) is 30.3 Å². The molecular weight excluding hydrogens is 262 g/mol. The van der Waals surface area contributed by atoms with Crippen molar-refractivity contribution >= 4 is 10.0 Å². The Labute approximate surface area is 114 Å². The van der Waals surface area contributed by atoms with Crippen LogP contribution >= 0.6 is 0 Å². The summed E-state index contributed by atoms with van der Waals surface area (Å²) in [7, 11) is -3.19. The van der Waals surface area contributed by atoms with Gasteiger partial charge in [-0.1, -0.05) is 30.3 Å². The standard InChI is InChI=1S/C14H19NO3S/c16-14(11-4-2-1-3-5-11)10-15(12-6-7-12)19(17,18)13-8-9-13/h1-5,12-14,16H,6-10H2/t14-/m1/s1. The van der Waals surface area contributed by atoms with Gasteiger partial charge in [0.25, 0.3) is 0 Å². The minimum Gasteiger partial charge on any atom is -0.387 e. The second kappa shape index (κ2) is 4.89. The molecule has 2 saturated carbocycles. The van der Waals surface area contributed by atoms with E-state index in [1.807, 2.05) is 30.3 Å². The van der Waals surface area contributed by atoms with Crippen molar-refractivity contribution in [2.75, 3.05) is 6.54 Å². The first-order valence-electron chi connectivity index (χ1n) is 6.82. The van der Waals surface area contributed by atoms with Crippen LogP contribution in [-0.4, -0.2) is 35.7 Å². The van der Waals surface area contributed by atoms with Crippen LogP contribution in [0.5, 0.6) is 0 Å². The lowest BCUT2D eigenvalue weighted by atomic mass is 10.1. The Morgan fingerprint density at radius 1 is 1.16 bits per heavy atom. The van der Waals surface area contributed by atoms with Gasteiger partial charge in [-0.15, -0.1) is 0 Å². The van der Waals surface area contributed by atoms with E-state index in [-0.39, 0.29) is 17.8 Å². The van der Waals surface area contributed by atoms with Crippen LogP contribution in [0.4, 0.5) is 0 Å². The fourth-order valence-corrected chi connectivity index (χ4v) is 4.42. The monoisotopic (exact) mass is 281 g/mol. The number of hydrogen-bond donors (Lipinski definition) is 1. The maximum absolute atomic E-state index is 12.4. The number of nitrogens with zero attached hydrogens (tertiary/aromatic N) is 1. The minimum atomic E-state index is -3.19. The molecule has 0 bridgehead atoms. The summed E-state index contributed by atoms with van der Waals surface area (Å²) in [6, 6.07) is 9.38. The average molecular weight is 281 g/mol. The third-order valence-corrected chi connectivity index (χ3v) is 6.18. The van der Waals surface area contributed by atoms with Crippen molar-refractivity contribution in [2.24, 2.45) is 0 Å². The molecule has 2 aliphatic carbocycles. The number of sulfonamides is 1. The summed E-state index contributed by atoms with van der Waals surface area (Å²) >= 11 is 0. The van der Waals surface area contributed by atoms with Crippen LogP contribution in [0.1, 0.15) is 37.4 Å². The van der Waals surface area contributed by atoms with Crippen molar-refractivity contribution in [3.8, 4) is 0 Å². The maximum Gasteiger partial charge on any atom is 0.217 e. The zero-order chi connectivity index (χ0) is 13.5. The highest BCUT2D eigenvalue weighted by Crippen LogP contribution is 2.38. The van der Waals surface area contributed by atoms with E-state index in [0.29, 0.717) is 0 Å². The molecule has 0 aromatic heterocycles. The normalized spacial score (nSPS) is 21.6. The van der Waals surface area contributed by atoms with E-state index in [0.717, 1.165) is 31.2 Å². The lowest BCUT2D eigenvalue weighted by Gasteiger charge is -2.24. The van der Waals surface area contributed by atoms with Crippen LogP contribution in [0.3, 0.4) is 0 Å². The third kappa shape index (κ3) is 2.83. The predicted molar refractivity (Wildman–Crippen MR) is 73.1 cm³/mol. The molecule has 1 aromatic rings. The summed E-state index contributed by atoms with van der Waals surface area (Å²) in [5.74, 6) is 0. The van der Waals surface area contributed by atoms with Gasteiger partial charge < -0.3 is 5.11 Å². The zero-order valence-corrected chi connectivity index (χ0v) is 11.6. The predicted octanol–water partition coefficient (Wildman–Crippen LogP) is 1.68. The fourth-order valence-electron chi connectivity index (χ4n) is 2.33. The smallest absolute Gasteiger partial charge is 0.217 e. The van der Waals surface area contributed by atoms with Gasteiger partial charge in [-0.3, -0.25) is 0 Å². The van der Waals surface area contributed by atoms with E-state index in [1.165, 1.54) is 0 Å². The van der Waals surface area contributed by atoms with Gasteiger partial charge in [-0.05, 0) is 31.2 Å². The molecule has 19 heavy (non-hydrogen) atoms. The van der Waals surface area contributed by atoms with Crippen molar-refractivity contribution in [2.45, 2.75) is 43.1 Å². The highest BCUT2D eigenvalue weighted by Gasteiger charge is 2.46. The largest absolute Gasteiger partial charge is 0.387 e. The Morgan fingerprint density at radius 3 is 2.32 bits per heavy atom. The maximum atomic E-state index is 12.4. The van der Waals surface area contributed by atoms with Gasteiger partial charge in [-0.25, -0.2) is 8.42 Å². The molecule has 5 heteroatoms. The molecule has 1 N–H and O–H groups in total. The molecule has 0 saturated heterocycles. The van der Waals surface area contributed by atoms with Gasteiger partial charge in [0, 0.05) is 12.6 Å². The number of aliphatic hydroxyl groups is 1. The van der Waals surface area contributed by atoms with Crippen LogP contribution < -0.4 is 0 Å². The number of rotatable bonds is 6. The van der Waals surface area contributed by atoms with Crippen LogP contribution in [0.2, 0.25) is 0 Å².